The van der Waals surface area contributed by atoms with E-state index in [4.69, 9.17) is 28.6 Å². The van der Waals surface area contributed by atoms with E-state index >= 15 is 0 Å². The van der Waals surface area contributed by atoms with Gasteiger partial charge in [0.15, 0.2) is 5.11 Å². The molecule has 1 N–H and O–H groups in total. The molecule has 1 aliphatic heterocycles. The second-order valence-electron chi connectivity index (χ2n) is 5.90. The average Bonchev–Trinajstić information content (AvgIpc) is 2.95. The zero-order valence-electron chi connectivity index (χ0n) is 15.0. The van der Waals surface area contributed by atoms with E-state index in [1.807, 2.05) is 36.4 Å². The highest BCUT2D eigenvalue weighted by Gasteiger charge is 2.32. The summed E-state index contributed by atoms with van der Waals surface area (Å²) in [6, 6.07) is 14.7. The molecule has 6 nitrogen and oxygen atoms in total. The summed E-state index contributed by atoms with van der Waals surface area (Å²) >= 11 is 11.2. The zero-order valence-corrected chi connectivity index (χ0v) is 16.5. The second-order valence-corrected chi connectivity index (χ2v) is 6.70. The van der Waals surface area contributed by atoms with E-state index in [1.54, 1.807) is 18.2 Å². The zero-order chi connectivity index (χ0) is 20.1. The van der Waals surface area contributed by atoms with Crippen LogP contribution in [0.15, 0.2) is 54.2 Å². The lowest BCUT2D eigenvalue weighted by Crippen LogP contribution is -2.35. The lowest BCUT2D eigenvalue weighted by molar-refractivity contribution is -0.143. The summed E-state index contributed by atoms with van der Waals surface area (Å²) in [6.07, 6.45) is 1.66. The van der Waals surface area contributed by atoms with Crippen molar-refractivity contribution in [2.45, 2.75) is 6.61 Å². The summed E-state index contributed by atoms with van der Waals surface area (Å²) in [6.45, 7) is 0.129. The summed E-state index contributed by atoms with van der Waals surface area (Å²) in [5.74, 6) is -0.246. The number of rotatable bonds is 6. The van der Waals surface area contributed by atoms with Gasteiger partial charge in [-0.2, -0.15) is 0 Å². The molecule has 0 aliphatic carbocycles. The maximum atomic E-state index is 12.4. The monoisotopic (exact) mass is 416 g/mol. The highest BCUT2D eigenvalue weighted by molar-refractivity contribution is 7.80. The Kier molecular flexibility index (Phi) is 6.28. The number of hydrogen-bond acceptors (Lipinski definition) is 5. The second kappa shape index (κ2) is 8.86. The number of hydrogen-bond donors (Lipinski definition) is 1. The number of halogens is 1. The van der Waals surface area contributed by atoms with Crippen molar-refractivity contribution >= 4 is 46.9 Å². The van der Waals surface area contributed by atoms with Crippen molar-refractivity contribution in [1.29, 1.82) is 0 Å². The number of nitrogens with one attached hydrogen (secondary N) is 1. The van der Waals surface area contributed by atoms with Crippen LogP contribution in [-0.4, -0.2) is 35.5 Å². The average molecular weight is 417 g/mol. The van der Waals surface area contributed by atoms with Crippen LogP contribution in [0.25, 0.3) is 6.08 Å². The molecule has 0 bridgehead atoms. The standard InChI is InChI=1S/C20H17ClN2O4S/c1-26-18(24)11-23-19(25)17(22-20(23)28)10-13-6-8-15(9-7-13)27-12-14-4-2-3-5-16(14)21/h2-10H,11-12H2,1H3,(H,22,28)/b17-10-. The van der Waals surface area contributed by atoms with Crippen molar-refractivity contribution in [2.75, 3.05) is 13.7 Å². The van der Waals surface area contributed by atoms with Gasteiger partial charge in [0.25, 0.3) is 5.91 Å². The molecular weight excluding hydrogens is 400 g/mol. The van der Waals surface area contributed by atoms with Gasteiger partial charge in [-0.15, -0.1) is 0 Å². The Balaban J connectivity index is 1.65. The van der Waals surface area contributed by atoms with Gasteiger partial charge in [-0.25, -0.2) is 0 Å². The van der Waals surface area contributed by atoms with E-state index < -0.39 is 5.97 Å². The Morgan fingerprint density at radius 2 is 1.93 bits per heavy atom. The topological polar surface area (TPSA) is 67.9 Å². The van der Waals surface area contributed by atoms with Crippen LogP contribution in [0.1, 0.15) is 11.1 Å². The first kappa shape index (κ1) is 19.9. The van der Waals surface area contributed by atoms with Crippen molar-refractivity contribution in [2.24, 2.45) is 0 Å². The van der Waals surface area contributed by atoms with Crippen LogP contribution in [0, 0.1) is 0 Å². The number of thiocarbonyl (C=S) groups is 1. The summed E-state index contributed by atoms with van der Waals surface area (Å²) < 4.78 is 10.3. The Hall–Kier alpha value is -2.90. The van der Waals surface area contributed by atoms with Crippen molar-refractivity contribution in [3.8, 4) is 5.75 Å². The Morgan fingerprint density at radius 1 is 1.21 bits per heavy atom. The van der Waals surface area contributed by atoms with Crippen molar-refractivity contribution in [3.05, 3.63) is 70.4 Å². The van der Waals surface area contributed by atoms with Crippen LogP contribution in [0.2, 0.25) is 5.02 Å². The highest BCUT2D eigenvalue weighted by atomic mass is 35.5. The third-order valence-corrected chi connectivity index (χ3v) is 4.71. The molecule has 3 rings (SSSR count). The molecule has 28 heavy (non-hydrogen) atoms. The van der Waals surface area contributed by atoms with Gasteiger partial charge in [-0.1, -0.05) is 41.9 Å². The van der Waals surface area contributed by atoms with Crippen LogP contribution >= 0.6 is 23.8 Å². The van der Waals surface area contributed by atoms with Gasteiger partial charge in [0.2, 0.25) is 0 Å². The van der Waals surface area contributed by atoms with Gasteiger partial charge in [0.1, 0.15) is 24.6 Å². The molecule has 2 aromatic rings. The van der Waals surface area contributed by atoms with Gasteiger partial charge < -0.3 is 14.8 Å². The SMILES string of the molecule is COC(=O)CN1C(=O)/C(=C/c2ccc(OCc3ccccc3Cl)cc2)NC1=S. The van der Waals surface area contributed by atoms with Gasteiger partial charge in [-0.05, 0) is 42.1 Å². The molecule has 0 aromatic heterocycles. The molecule has 8 heteroatoms. The van der Waals surface area contributed by atoms with Crippen molar-refractivity contribution in [3.63, 3.8) is 0 Å². The molecule has 144 valence electrons. The Morgan fingerprint density at radius 3 is 2.61 bits per heavy atom. The lowest BCUT2D eigenvalue weighted by Gasteiger charge is -2.11. The molecule has 0 spiro atoms. The van der Waals surface area contributed by atoms with Gasteiger partial charge >= 0.3 is 5.97 Å². The van der Waals surface area contributed by atoms with Crippen LogP contribution in [0.4, 0.5) is 0 Å². The fourth-order valence-electron chi connectivity index (χ4n) is 2.51. The molecule has 0 unspecified atom stereocenters. The van der Waals surface area contributed by atoms with Gasteiger partial charge in [-0.3, -0.25) is 14.5 Å². The fourth-order valence-corrected chi connectivity index (χ4v) is 2.96. The third-order valence-electron chi connectivity index (χ3n) is 4.02. The van der Waals surface area contributed by atoms with Crippen LogP contribution < -0.4 is 10.1 Å². The maximum absolute atomic E-state index is 12.4. The number of methoxy groups -OCH3 is 1. The molecule has 0 saturated carbocycles. The Labute approximate surface area is 172 Å². The first-order valence-corrected chi connectivity index (χ1v) is 9.14. The summed E-state index contributed by atoms with van der Waals surface area (Å²) in [5.41, 5.74) is 1.97. The minimum absolute atomic E-state index is 0.168. The third kappa shape index (κ3) is 4.68. The number of ether oxygens (including phenoxy) is 2. The number of nitrogens with zero attached hydrogens (tertiary/aromatic N) is 1. The molecule has 1 aliphatic rings. The largest absolute Gasteiger partial charge is 0.489 e. The number of carbonyl (C=O) groups excluding carboxylic acids is 2. The summed E-state index contributed by atoms with van der Waals surface area (Å²) in [4.78, 5) is 25.0. The maximum Gasteiger partial charge on any atom is 0.325 e. The first-order chi connectivity index (χ1) is 13.5. The molecule has 1 saturated heterocycles. The van der Waals surface area contributed by atoms with E-state index in [9.17, 15) is 9.59 Å². The molecule has 0 radical (unpaired) electrons. The molecule has 1 fully saturated rings. The van der Waals surface area contributed by atoms with Gasteiger partial charge in [0.05, 0.1) is 7.11 Å². The smallest absolute Gasteiger partial charge is 0.325 e. The number of carbonyl (C=O) groups is 2. The fraction of sp³-hybridized carbons (Fsp3) is 0.150. The molecular formula is C20H17ClN2O4S. The van der Waals surface area contributed by atoms with Gasteiger partial charge in [0, 0.05) is 10.6 Å². The quantitative estimate of drug-likeness (QED) is 0.443. The molecule has 2 aromatic carbocycles. The number of esters is 1. The minimum Gasteiger partial charge on any atom is -0.489 e. The number of benzene rings is 2. The van der Waals surface area contributed by atoms with E-state index in [1.165, 1.54) is 7.11 Å². The predicted molar refractivity (Wildman–Crippen MR) is 110 cm³/mol. The van der Waals surface area contributed by atoms with Crippen LogP contribution in [0.5, 0.6) is 5.75 Å². The van der Waals surface area contributed by atoms with E-state index in [0.717, 1.165) is 16.0 Å². The molecule has 1 amide bonds. The Bertz CT molecular complexity index is 943. The summed E-state index contributed by atoms with van der Waals surface area (Å²) in [7, 11) is 1.26. The van der Waals surface area contributed by atoms with Crippen LogP contribution in [-0.2, 0) is 20.9 Å². The van der Waals surface area contributed by atoms with E-state index in [0.29, 0.717) is 23.1 Å². The van der Waals surface area contributed by atoms with Crippen LogP contribution in [0.3, 0.4) is 0 Å². The van der Waals surface area contributed by atoms with Crippen molar-refractivity contribution in [1.82, 2.24) is 10.2 Å². The number of amides is 1. The lowest BCUT2D eigenvalue weighted by atomic mass is 10.2. The minimum atomic E-state index is -0.543. The van der Waals surface area contributed by atoms with Crippen molar-refractivity contribution < 1.29 is 19.1 Å². The predicted octanol–water partition coefficient (Wildman–Crippen LogP) is 3.15. The van der Waals surface area contributed by atoms with E-state index in [2.05, 4.69) is 10.1 Å². The normalized spacial score (nSPS) is 14.9. The van der Waals surface area contributed by atoms with E-state index in [-0.39, 0.29) is 17.6 Å². The summed E-state index contributed by atoms with van der Waals surface area (Å²) in [5, 5.41) is 3.64. The molecule has 0 atom stereocenters. The molecule has 1 heterocycles. The highest BCUT2D eigenvalue weighted by Crippen LogP contribution is 2.20. The first-order valence-electron chi connectivity index (χ1n) is 8.35.